The number of thiazole rings is 1. The van der Waals surface area contributed by atoms with Crippen LogP contribution in [0, 0.1) is 0 Å². The zero-order valence-electron chi connectivity index (χ0n) is 17.9. The maximum atomic E-state index is 13.6. The van der Waals surface area contributed by atoms with Gasteiger partial charge in [-0.05, 0) is 30.7 Å². The summed E-state index contributed by atoms with van der Waals surface area (Å²) in [5.41, 5.74) is 1.42. The highest BCUT2D eigenvalue weighted by molar-refractivity contribution is 7.22. The third-order valence-electron chi connectivity index (χ3n) is 5.32. The molecule has 2 aromatic carbocycles. The second-order valence-corrected chi connectivity index (χ2v) is 8.34. The number of morpholine rings is 1. The van der Waals surface area contributed by atoms with Crippen LogP contribution in [0.5, 0.6) is 11.5 Å². The summed E-state index contributed by atoms with van der Waals surface area (Å²) in [5, 5.41) is 0.704. The summed E-state index contributed by atoms with van der Waals surface area (Å²) in [6.45, 7) is 4.90. The van der Waals surface area contributed by atoms with E-state index in [0.717, 1.165) is 49.5 Å². The molecular formula is C23H27N3O4S. The Morgan fingerprint density at radius 1 is 1.13 bits per heavy atom. The fraction of sp³-hybridized carbons (Fsp3) is 0.391. The highest BCUT2D eigenvalue weighted by Gasteiger charge is 2.23. The van der Waals surface area contributed by atoms with Gasteiger partial charge in [0.05, 0.1) is 37.6 Å². The van der Waals surface area contributed by atoms with Gasteiger partial charge in [0.25, 0.3) is 5.91 Å². The second-order valence-electron chi connectivity index (χ2n) is 7.33. The van der Waals surface area contributed by atoms with E-state index in [-0.39, 0.29) is 5.91 Å². The number of methoxy groups -OCH3 is 2. The van der Waals surface area contributed by atoms with Crippen LogP contribution in [0.25, 0.3) is 10.2 Å². The largest absolute Gasteiger partial charge is 0.497 e. The Balaban J connectivity index is 1.60. The molecule has 4 rings (SSSR count). The standard InChI is InChI=1S/C23H27N3O4S/c1-28-18-14-17(15-19(16-18)29-2)22(27)26(9-5-8-25-10-12-30-13-11-25)23-24-20-6-3-4-7-21(20)31-23/h3-4,6-7,14-16H,5,8-13H2,1-2H3. The molecule has 164 valence electrons. The van der Waals surface area contributed by atoms with E-state index in [4.69, 9.17) is 19.2 Å². The van der Waals surface area contributed by atoms with E-state index in [1.807, 2.05) is 24.3 Å². The van der Waals surface area contributed by atoms with E-state index >= 15 is 0 Å². The number of hydrogen-bond donors (Lipinski definition) is 0. The molecule has 1 fully saturated rings. The molecule has 3 aromatic rings. The molecule has 0 aliphatic carbocycles. The van der Waals surface area contributed by atoms with Crippen LogP contribution in [-0.2, 0) is 4.74 Å². The lowest BCUT2D eigenvalue weighted by molar-refractivity contribution is 0.0376. The quantitative estimate of drug-likeness (QED) is 0.531. The molecule has 0 spiro atoms. The number of amides is 1. The smallest absolute Gasteiger partial charge is 0.260 e. The molecule has 1 saturated heterocycles. The Morgan fingerprint density at radius 2 is 1.84 bits per heavy atom. The van der Waals surface area contributed by atoms with Gasteiger partial charge in [-0.25, -0.2) is 4.98 Å². The molecule has 8 heteroatoms. The van der Waals surface area contributed by atoms with Gasteiger partial charge in [-0.3, -0.25) is 14.6 Å². The minimum atomic E-state index is -0.113. The first kappa shape index (κ1) is 21.5. The highest BCUT2D eigenvalue weighted by Crippen LogP contribution is 2.31. The van der Waals surface area contributed by atoms with Crippen molar-refractivity contribution in [2.45, 2.75) is 6.42 Å². The third-order valence-corrected chi connectivity index (χ3v) is 6.38. The van der Waals surface area contributed by atoms with Crippen molar-refractivity contribution in [2.24, 2.45) is 0 Å². The van der Waals surface area contributed by atoms with E-state index in [1.165, 1.54) is 11.3 Å². The third kappa shape index (κ3) is 5.15. The fourth-order valence-electron chi connectivity index (χ4n) is 3.62. The Hall–Kier alpha value is -2.68. The Labute approximate surface area is 186 Å². The van der Waals surface area contributed by atoms with Crippen LogP contribution in [-0.4, -0.2) is 69.4 Å². The molecule has 1 aliphatic heterocycles. The van der Waals surface area contributed by atoms with Gasteiger partial charge < -0.3 is 14.2 Å². The Kier molecular flexibility index (Phi) is 7.01. The fourth-order valence-corrected chi connectivity index (χ4v) is 4.61. The maximum Gasteiger partial charge on any atom is 0.260 e. The van der Waals surface area contributed by atoms with E-state index < -0.39 is 0 Å². The number of para-hydroxylation sites is 1. The van der Waals surface area contributed by atoms with E-state index in [2.05, 4.69) is 4.90 Å². The normalized spacial score (nSPS) is 14.5. The van der Waals surface area contributed by atoms with Crippen LogP contribution >= 0.6 is 11.3 Å². The van der Waals surface area contributed by atoms with E-state index in [1.54, 1.807) is 37.3 Å². The van der Waals surface area contributed by atoms with Gasteiger partial charge in [0.2, 0.25) is 0 Å². The number of aromatic nitrogens is 1. The van der Waals surface area contributed by atoms with E-state index in [0.29, 0.717) is 28.7 Å². The van der Waals surface area contributed by atoms with Gasteiger partial charge in [-0.1, -0.05) is 23.5 Å². The zero-order chi connectivity index (χ0) is 21.6. The first-order valence-electron chi connectivity index (χ1n) is 10.4. The molecule has 0 radical (unpaired) electrons. The van der Waals surface area contributed by atoms with Crippen LogP contribution in [0.3, 0.4) is 0 Å². The Morgan fingerprint density at radius 3 is 2.52 bits per heavy atom. The summed E-state index contributed by atoms with van der Waals surface area (Å²) in [7, 11) is 3.16. The second kappa shape index (κ2) is 10.1. The number of hydrogen-bond acceptors (Lipinski definition) is 7. The molecule has 0 bridgehead atoms. The summed E-state index contributed by atoms with van der Waals surface area (Å²) in [4.78, 5) is 22.5. The van der Waals surface area contributed by atoms with Crippen LogP contribution in [0.4, 0.5) is 5.13 Å². The van der Waals surface area contributed by atoms with Crippen LogP contribution in [0.15, 0.2) is 42.5 Å². The predicted octanol–water partition coefficient (Wildman–Crippen LogP) is 3.68. The molecule has 1 aromatic heterocycles. The molecule has 31 heavy (non-hydrogen) atoms. The van der Waals surface area contributed by atoms with Crippen LogP contribution < -0.4 is 14.4 Å². The summed E-state index contributed by atoms with van der Waals surface area (Å²) in [6, 6.07) is 13.2. The zero-order valence-corrected chi connectivity index (χ0v) is 18.7. The molecule has 1 amide bonds. The number of nitrogens with zero attached hydrogens (tertiary/aromatic N) is 3. The first-order valence-corrected chi connectivity index (χ1v) is 11.2. The van der Waals surface area contributed by atoms with E-state index in [9.17, 15) is 4.79 Å². The van der Waals surface area contributed by atoms with Crippen molar-refractivity contribution in [3.63, 3.8) is 0 Å². The van der Waals surface area contributed by atoms with Crippen LogP contribution in [0.2, 0.25) is 0 Å². The van der Waals surface area contributed by atoms with Gasteiger partial charge in [0, 0.05) is 37.8 Å². The molecule has 0 N–H and O–H groups in total. The van der Waals surface area contributed by atoms with Gasteiger partial charge in [-0.2, -0.15) is 0 Å². The molecule has 0 atom stereocenters. The molecule has 0 unspecified atom stereocenters. The van der Waals surface area contributed by atoms with Crippen molar-refractivity contribution in [2.75, 3.05) is 58.5 Å². The molecule has 7 nitrogen and oxygen atoms in total. The lowest BCUT2D eigenvalue weighted by Crippen LogP contribution is -2.39. The lowest BCUT2D eigenvalue weighted by atomic mass is 10.1. The lowest BCUT2D eigenvalue weighted by Gasteiger charge is -2.27. The van der Waals surface area contributed by atoms with Gasteiger partial charge in [0.15, 0.2) is 5.13 Å². The minimum Gasteiger partial charge on any atom is -0.497 e. The van der Waals surface area contributed by atoms with Gasteiger partial charge in [0.1, 0.15) is 11.5 Å². The topological polar surface area (TPSA) is 64.1 Å². The maximum absolute atomic E-state index is 13.6. The van der Waals surface area contributed by atoms with Crippen molar-refractivity contribution in [3.8, 4) is 11.5 Å². The molecule has 0 saturated carbocycles. The van der Waals surface area contributed by atoms with Crippen molar-refractivity contribution >= 4 is 32.6 Å². The average molecular weight is 442 g/mol. The van der Waals surface area contributed by atoms with Gasteiger partial charge >= 0.3 is 0 Å². The van der Waals surface area contributed by atoms with Crippen LogP contribution in [0.1, 0.15) is 16.8 Å². The Bertz CT molecular complexity index is 977. The minimum absolute atomic E-state index is 0.113. The number of ether oxygens (including phenoxy) is 3. The average Bonchev–Trinajstić information content (AvgIpc) is 3.25. The number of anilines is 1. The number of carbonyl (C=O) groups is 1. The summed E-state index contributed by atoms with van der Waals surface area (Å²) in [5.74, 6) is 1.05. The number of carbonyl (C=O) groups excluding carboxylic acids is 1. The highest BCUT2D eigenvalue weighted by atomic mass is 32.1. The number of benzene rings is 2. The molecule has 2 heterocycles. The molecule has 1 aliphatic rings. The van der Waals surface area contributed by atoms with Crippen molar-refractivity contribution in [3.05, 3.63) is 48.0 Å². The summed E-state index contributed by atoms with van der Waals surface area (Å²) in [6.07, 6.45) is 0.850. The van der Waals surface area contributed by atoms with Crippen molar-refractivity contribution in [1.82, 2.24) is 9.88 Å². The first-order chi connectivity index (χ1) is 15.2. The predicted molar refractivity (Wildman–Crippen MR) is 123 cm³/mol. The number of fused-ring (bicyclic) bond motifs is 1. The SMILES string of the molecule is COc1cc(OC)cc(C(=O)N(CCCN2CCOCC2)c2nc3ccccc3s2)c1. The number of rotatable bonds is 8. The van der Waals surface area contributed by atoms with Crippen molar-refractivity contribution in [1.29, 1.82) is 0 Å². The van der Waals surface area contributed by atoms with Gasteiger partial charge in [-0.15, -0.1) is 0 Å². The summed E-state index contributed by atoms with van der Waals surface area (Å²) >= 11 is 1.53. The molecular weight excluding hydrogens is 414 g/mol. The van der Waals surface area contributed by atoms with Crippen molar-refractivity contribution < 1.29 is 19.0 Å². The monoisotopic (exact) mass is 441 g/mol. The summed E-state index contributed by atoms with van der Waals surface area (Å²) < 4.78 is 17.2.